The predicted molar refractivity (Wildman–Crippen MR) is 88.7 cm³/mol. The van der Waals surface area contributed by atoms with Crippen LogP contribution in [0, 0.1) is 35.5 Å². The first-order chi connectivity index (χ1) is 11.4. The molecule has 0 aliphatic heterocycles. The third-order valence-corrected chi connectivity index (χ3v) is 7.59. The molecule has 4 nitrogen and oxygen atoms in total. The highest BCUT2D eigenvalue weighted by atomic mass is 17.1. The molecule has 0 aromatic heterocycles. The lowest BCUT2D eigenvalue weighted by atomic mass is 9.50. The first kappa shape index (κ1) is 16.1. The SMILES string of the molecule is C#CC1(O)CCC2C3CCC4=CC(=O)C=CC4(OO)C3CCC21C. The third kappa shape index (κ3) is 1.78. The lowest BCUT2D eigenvalue weighted by Gasteiger charge is -2.56. The number of allylic oxidation sites excluding steroid dienone is 2. The van der Waals surface area contributed by atoms with Gasteiger partial charge >= 0.3 is 0 Å². The number of terminal acetylenes is 1. The molecule has 2 N–H and O–H groups in total. The van der Waals surface area contributed by atoms with Crippen molar-refractivity contribution in [2.24, 2.45) is 23.2 Å². The minimum atomic E-state index is -1.04. The van der Waals surface area contributed by atoms with Gasteiger partial charge in [-0.1, -0.05) is 12.8 Å². The van der Waals surface area contributed by atoms with Crippen molar-refractivity contribution in [3.8, 4) is 12.3 Å². The molecule has 0 aromatic rings. The Bertz CT molecular complexity index is 686. The fraction of sp³-hybridized carbons (Fsp3) is 0.650. The molecule has 0 spiro atoms. The van der Waals surface area contributed by atoms with E-state index in [9.17, 15) is 15.2 Å². The Labute approximate surface area is 142 Å². The second kappa shape index (κ2) is 5.05. The smallest absolute Gasteiger partial charge is 0.178 e. The van der Waals surface area contributed by atoms with E-state index in [0.29, 0.717) is 18.3 Å². The van der Waals surface area contributed by atoms with Crippen LogP contribution < -0.4 is 0 Å². The maximum atomic E-state index is 11.7. The Kier molecular flexibility index (Phi) is 3.38. The summed E-state index contributed by atoms with van der Waals surface area (Å²) < 4.78 is 0. The second-order valence-corrected chi connectivity index (χ2v) is 8.20. The summed E-state index contributed by atoms with van der Waals surface area (Å²) in [6.45, 7) is 2.12. The predicted octanol–water partition coefficient (Wildman–Crippen LogP) is 2.88. The van der Waals surface area contributed by atoms with Gasteiger partial charge in [0.25, 0.3) is 0 Å². The van der Waals surface area contributed by atoms with Crippen molar-refractivity contribution in [2.45, 2.75) is 56.7 Å². The van der Waals surface area contributed by atoms with Crippen LogP contribution in [0.4, 0.5) is 0 Å². The van der Waals surface area contributed by atoms with Crippen LogP contribution in [0.25, 0.3) is 0 Å². The van der Waals surface area contributed by atoms with E-state index in [1.807, 2.05) is 0 Å². The standard InChI is InChI=1S/C20H24O4/c1-3-19(22)10-8-16-15-5-4-13-12-14(21)6-11-20(13,24-23)17(15)7-9-18(16,19)2/h1,6,11-12,15-17,22-23H,4-5,7-10H2,2H3. The highest BCUT2D eigenvalue weighted by molar-refractivity contribution is 6.01. The summed E-state index contributed by atoms with van der Waals surface area (Å²) in [5.41, 5.74) is -1.32. The van der Waals surface area contributed by atoms with E-state index in [4.69, 9.17) is 11.3 Å². The average Bonchev–Trinajstić information content (AvgIpc) is 2.86. The molecule has 4 heteroatoms. The molecule has 128 valence electrons. The highest BCUT2D eigenvalue weighted by Gasteiger charge is 2.64. The number of ketones is 1. The molecule has 0 radical (unpaired) electrons. The zero-order valence-corrected chi connectivity index (χ0v) is 14.0. The van der Waals surface area contributed by atoms with Gasteiger partial charge in [0, 0.05) is 11.3 Å². The van der Waals surface area contributed by atoms with Crippen LogP contribution in [0.5, 0.6) is 0 Å². The Morgan fingerprint density at radius 1 is 1.29 bits per heavy atom. The monoisotopic (exact) mass is 328 g/mol. The molecule has 0 bridgehead atoms. The minimum Gasteiger partial charge on any atom is -0.377 e. The zero-order chi connectivity index (χ0) is 17.2. The fourth-order valence-corrected chi connectivity index (χ4v) is 6.23. The van der Waals surface area contributed by atoms with Gasteiger partial charge in [0.05, 0.1) is 0 Å². The van der Waals surface area contributed by atoms with E-state index >= 15 is 0 Å². The Morgan fingerprint density at radius 3 is 2.75 bits per heavy atom. The molecule has 3 fully saturated rings. The van der Waals surface area contributed by atoms with Crippen LogP contribution in [-0.2, 0) is 9.68 Å². The van der Waals surface area contributed by atoms with Gasteiger partial charge in [-0.05, 0) is 74.2 Å². The van der Waals surface area contributed by atoms with E-state index < -0.39 is 11.2 Å². The molecule has 0 heterocycles. The lowest BCUT2D eigenvalue weighted by Crippen LogP contribution is -2.57. The first-order valence-corrected chi connectivity index (χ1v) is 8.87. The number of carbonyl (C=O) groups excluding carboxylic acids is 1. The average molecular weight is 328 g/mol. The normalized spacial score (nSPS) is 49.7. The molecule has 24 heavy (non-hydrogen) atoms. The Balaban J connectivity index is 1.74. The highest BCUT2D eigenvalue weighted by Crippen LogP contribution is 2.65. The summed E-state index contributed by atoms with van der Waals surface area (Å²) in [6.07, 6.45) is 15.4. The van der Waals surface area contributed by atoms with E-state index in [1.165, 1.54) is 6.08 Å². The molecule has 4 aliphatic rings. The maximum absolute atomic E-state index is 11.7. The molecule has 6 atom stereocenters. The van der Waals surface area contributed by atoms with E-state index in [0.717, 1.165) is 37.7 Å². The summed E-state index contributed by atoms with van der Waals surface area (Å²) >= 11 is 0. The summed E-state index contributed by atoms with van der Waals surface area (Å²) in [4.78, 5) is 16.8. The number of rotatable bonds is 1. The maximum Gasteiger partial charge on any atom is 0.178 e. The summed E-state index contributed by atoms with van der Waals surface area (Å²) in [7, 11) is 0. The second-order valence-electron chi connectivity index (χ2n) is 8.20. The van der Waals surface area contributed by atoms with Gasteiger partial charge in [-0.2, -0.15) is 0 Å². The number of hydrogen-bond acceptors (Lipinski definition) is 4. The molecule has 4 rings (SSSR count). The number of carbonyl (C=O) groups is 1. The lowest BCUT2D eigenvalue weighted by molar-refractivity contribution is -0.323. The zero-order valence-electron chi connectivity index (χ0n) is 14.0. The van der Waals surface area contributed by atoms with Gasteiger partial charge in [0.15, 0.2) is 5.78 Å². The quantitative estimate of drug-likeness (QED) is 0.441. The van der Waals surface area contributed by atoms with Crippen molar-refractivity contribution >= 4 is 5.78 Å². The van der Waals surface area contributed by atoms with Crippen LogP contribution in [0.15, 0.2) is 23.8 Å². The van der Waals surface area contributed by atoms with Gasteiger partial charge in [-0.3, -0.25) is 10.1 Å². The molecule has 6 unspecified atom stereocenters. The first-order valence-electron chi connectivity index (χ1n) is 8.87. The van der Waals surface area contributed by atoms with Crippen LogP contribution in [0.3, 0.4) is 0 Å². The Hall–Kier alpha value is -1.41. The molecular formula is C20H24O4. The summed E-state index contributed by atoms with van der Waals surface area (Å²) in [5, 5.41) is 20.7. The number of aliphatic hydroxyl groups is 1. The topological polar surface area (TPSA) is 66.8 Å². The van der Waals surface area contributed by atoms with Crippen LogP contribution >= 0.6 is 0 Å². The van der Waals surface area contributed by atoms with E-state index in [-0.39, 0.29) is 17.1 Å². The van der Waals surface area contributed by atoms with Crippen LogP contribution in [0.2, 0.25) is 0 Å². The van der Waals surface area contributed by atoms with Crippen molar-refractivity contribution < 1.29 is 20.0 Å². The van der Waals surface area contributed by atoms with Crippen molar-refractivity contribution in [2.75, 3.05) is 0 Å². The molecule has 0 amide bonds. The van der Waals surface area contributed by atoms with Gasteiger partial charge in [0.1, 0.15) is 11.2 Å². The van der Waals surface area contributed by atoms with Gasteiger partial charge < -0.3 is 5.11 Å². The minimum absolute atomic E-state index is 0.0423. The van der Waals surface area contributed by atoms with Crippen LogP contribution in [0.1, 0.15) is 45.4 Å². The van der Waals surface area contributed by atoms with Crippen molar-refractivity contribution in [3.05, 3.63) is 23.8 Å². The third-order valence-electron chi connectivity index (χ3n) is 7.59. The van der Waals surface area contributed by atoms with E-state index in [1.54, 1.807) is 12.2 Å². The van der Waals surface area contributed by atoms with Gasteiger partial charge in [0.2, 0.25) is 0 Å². The molecule has 4 aliphatic carbocycles. The van der Waals surface area contributed by atoms with Gasteiger partial charge in [-0.15, -0.1) is 6.42 Å². The van der Waals surface area contributed by atoms with E-state index in [2.05, 4.69) is 12.8 Å². The summed E-state index contributed by atoms with van der Waals surface area (Å²) in [6, 6.07) is 0. The molecule has 3 saturated carbocycles. The number of hydrogen-bond donors (Lipinski definition) is 2. The van der Waals surface area contributed by atoms with Crippen molar-refractivity contribution in [1.82, 2.24) is 0 Å². The fourth-order valence-electron chi connectivity index (χ4n) is 6.23. The number of fused-ring (bicyclic) bond motifs is 5. The van der Waals surface area contributed by atoms with Crippen LogP contribution in [-0.4, -0.2) is 27.3 Å². The molecule has 0 aromatic carbocycles. The molecule has 0 saturated heterocycles. The molecular weight excluding hydrogens is 304 g/mol. The Morgan fingerprint density at radius 2 is 2.04 bits per heavy atom. The summed E-state index contributed by atoms with van der Waals surface area (Å²) in [5.74, 6) is 3.38. The largest absolute Gasteiger partial charge is 0.377 e. The van der Waals surface area contributed by atoms with Crippen molar-refractivity contribution in [3.63, 3.8) is 0 Å². The van der Waals surface area contributed by atoms with Gasteiger partial charge in [-0.25, -0.2) is 4.89 Å². The van der Waals surface area contributed by atoms with Crippen molar-refractivity contribution in [1.29, 1.82) is 0 Å².